The molecule has 0 aromatic rings. The summed E-state index contributed by atoms with van der Waals surface area (Å²) in [6.45, 7) is 0. The molecule has 0 N–H and O–H groups in total. The Hall–Kier alpha value is 0.0649. The molecule has 0 radical (unpaired) electrons. The SMILES string of the molecule is BC1CCC23CCC2CCC3C1. The number of hydrogen-bond acceptors (Lipinski definition) is 0. The largest absolute Gasteiger partial charge is 0.105 e. The molecule has 1 heteroatoms. The third-order valence-corrected chi connectivity index (χ3v) is 5.24. The summed E-state index contributed by atoms with van der Waals surface area (Å²) in [7, 11) is 2.46. The molecule has 3 aliphatic carbocycles. The molecule has 0 aromatic carbocycles. The van der Waals surface area contributed by atoms with Gasteiger partial charge in [0, 0.05) is 0 Å². The molecule has 0 saturated heterocycles. The van der Waals surface area contributed by atoms with Crippen molar-refractivity contribution >= 4 is 7.85 Å². The Kier molecular flexibility index (Phi) is 1.43. The van der Waals surface area contributed by atoms with Gasteiger partial charge in [-0.25, -0.2) is 0 Å². The van der Waals surface area contributed by atoms with Crippen LogP contribution in [-0.4, -0.2) is 7.85 Å². The maximum atomic E-state index is 2.46. The zero-order valence-electron chi connectivity index (χ0n) is 8.18. The smallest absolute Gasteiger partial charge is 0.0694 e. The van der Waals surface area contributed by atoms with Crippen LogP contribution in [0, 0.1) is 17.3 Å². The van der Waals surface area contributed by atoms with Crippen molar-refractivity contribution < 1.29 is 0 Å². The standard InChI is InChI=1S/C11H19B/c12-10-4-6-11-5-3-8(11)1-2-9(11)7-10/h8-10H,1-7,12H2. The topological polar surface area (TPSA) is 0 Å². The van der Waals surface area contributed by atoms with E-state index in [9.17, 15) is 0 Å². The molecule has 0 aliphatic heterocycles. The van der Waals surface area contributed by atoms with Crippen molar-refractivity contribution in [1.29, 1.82) is 0 Å². The minimum Gasteiger partial charge on any atom is -0.0694 e. The van der Waals surface area contributed by atoms with E-state index in [1.54, 1.807) is 38.5 Å². The van der Waals surface area contributed by atoms with Crippen LogP contribution in [0.4, 0.5) is 0 Å². The fraction of sp³-hybridized carbons (Fsp3) is 1.00. The first-order valence-corrected chi connectivity index (χ1v) is 5.81. The molecule has 3 fully saturated rings. The third kappa shape index (κ3) is 0.756. The van der Waals surface area contributed by atoms with Crippen molar-refractivity contribution in [1.82, 2.24) is 0 Å². The van der Waals surface area contributed by atoms with Crippen LogP contribution >= 0.6 is 0 Å². The van der Waals surface area contributed by atoms with Crippen LogP contribution in [0.2, 0.25) is 5.82 Å². The predicted molar refractivity (Wildman–Crippen MR) is 54.0 cm³/mol. The average Bonchev–Trinajstić information content (AvgIpc) is 2.24. The zero-order chi connectivity index (χ0) is 8.18. The molecule has 0 heterocycles. The number of hydrogen-bond donors (Lipinski definition) is 0. The molecule has 3 saturated carbocycles. The Morgan fingerprint density at radius 2 is 1.67 bits per heavy atom. The van der Waals surface area contributed by atoms with Gasteiger partial charge in [0.25, 0.3) is 0 Å². The van der Waals surface area contributed by atoms with Gasteiger partial charge in [0.1, 0.15) is 7.85 Å². The van der Waals surface area contributed by atoms with E-state index < -0.39 is 0 Å². The highest BCUT2D eigenvalue weighted by atomic mass is 14.6. The maximum Gasteiger partial charge on any atom is 0.105 e. The Morgan fingerprint density at radius 3 is 2.42 bits per heavy atom. The van der Waals surface area contributed by atoms with Crippen LogP contribution in [0.25, 0.3) is 0 Å². The van der Waals surface area contributed by atoms with Crippen molar-refractivity contribution in [2.24, 2.45) is 17.3 Å². The molecule has 4 unspecified atom stereocenters. The van der Waals surface area contributed by atoms with Gasteiger partial charge in [0.2, 0.25) is 0 Å². The summed E-state index contributed by atoms with van der Waals surface area (Å²) >= 11 is 0. The number of rotatable bonds is 0. The van der Waals surface area contributed by atoms with Crippen LogP contribution in [-0.2, 0) is 0 Å². The highest BCUT2D eigenvalue weighted by molar-refractivity contribution is 6.11. The summed E-state index contributed by atoms with van der Waals surface area (Å²) in [4.78, 5) is 0. The van der Waals surface area contributed by atoms with Crippen molar-refractivity contribution in [3.8, 4) is 0 Å². The molecule has 3 aliphatic rings. The summed E-state index contributed by atoms with van der Waals surface area (Å²) in [6, 6.07) is 0. The van der Waals surface area contributed by atoms with Crippen LogP contribution in [0.1, 0.15) is 44.9 Å². The van der Waals surface area contributed by atoms with E-state index >= 15 is 0 Å². The van der Waals surface area contributed by atoms with Gasteiger partial charge >= 0.3 is 0 Å². The van der Waals surface area contributed by atoms with Crippen molar-refractivity contribution in [3.63, 3.8) is 0 Å². The summed E-state index contributed by atoms with van der Waals surface area (Å²) in [5.74, 6) is 3.37. The fourth-order valence-corrected chi connectivity index (χ4v) is 4.38. The van der Waals surface area contributed by atoms with Gasteiger partial charge in [-0.1, -0.05) is 18.7 Å². The first kappa shape index (κ1) is 7.47. The minimum atomic E-state index is 0.909. The Bertz CT molecular complexity index is 201. The van der Waals surface area contributed by atoms with Crippen molar-refractivity contribution in [3.05, 3.63) is 0 Å². The molecular weight excluding hydrogens is 143 g/mol. The second-order valence-corrected chi connectivity index (χ2v) is 5.62. The summed E-state index contributed by atoms with van der Waals surface area (Å²) < 4.78 is 0. The highest BCUT2D eigenvalue weighted by Gasteiger charge is 2.56. The van der Waals surface area contributed by atoms with Gasteiger partial charge in [-0.05, 0) is 49.4 Å². The maximum absolute atomic E-state index is 2.46. The van der Waals surface area contributed by atoms with Crippen LogP contribution < -0.4 is 0 Å². The summed E-state index contributed by atoms with van der Waals surface area (Å²) in [6.07, 6.45) is 11.0. The molecule has 66 valence electrons. The van der Waals surface area contributed by atoms with Crippen LogP contribution in [0.3, 0.4) is 0 Å². The predicted octanol–water partition coefficient (Wildman–Crippen LogP) is 2.40. The minimum absolute atomic E-state index is 0.909. The summed E-state index contributed by atoms with van der Waals surface area (Å²) in [5.41, 5.74) is 0.909. The lowest BCUT2D eigenvalue weighted by atomic mass is 9.50. The molecule has 3 rings (SSSR count). The van der Waals surface area contributed by atoms with E-state index in [0.717, 1.165) is 17.2 Å². The van der Waals surface area contributed by atoms with Crippen molar-refractivity contribution in [2.75, 3.05) is 0 Å². The molecule has 0 amide bonds. The van der Waals surface area contributed by atoms with Gasteiger partial charge in [0.15, 0.2) is 0 Å². The zero-order valence-corrected chi connectivity index (χ0v) is 8.18. The second kappa shape index (κ2) is 2.30. The molecular formula is C11H19B. The highest BCUT2D eigenvalue weighted by Crippen LogP contribution is 2.67. The molecule has 12 heavy (non-hydrogen) atoms. The fourth-order valence-electron chi connectivity index (χ4n) is 4.38. The third-order valence-electron chi connectivity index (χ3n) is 5.24. The monoisotopic (exact) mass is 162 g/mol. The molecule has 0 aromatic heterocycles. The average molecular weight is 162 g/mol. The first-order valence-electron chi connectivity index (χ1n) is 5.81. The molecule has 0 nitrogen and oxygen atoms in total. The lowest BCUT2D eigenvalue weighted by Crippen LogP contribution is -2.43. The summed E-state index contributed by atoms with van der Waals surface area (Å²) in [5, 5.41) is 0. The Morgan fingerprint density at radius 1 is 0.917 bits per heavy atom. The Labute approximate surface area is 76.5 Å². The molecule has 1 spiro atoms. The normalized spacial score (nSPS) is 57.2. The quantitative estimate of drug-likeness (QED) is 0.480. The molecule has 4 atom stereocenters. The van der Waals surface area contributed by atoms with Crippen molar-refractivity contribution in [2.45, 2.75) is 50.8 Å². The van der Waals surface area contributed by atoms with E-state index in [2.05, 4.69) is 7.85 Å². The molecule has 0 bridgehead atoms. The van der Waals surface area contributed by atoms with Gasteiger partial charge < -0.3 is 0 Å². The van der Waals surface area contributed by atoms with E-state index in [1.807, 2.05) is 0 Å². The second-order valence-electron chi connectivity index (χ2n) is 5.62. The lowest BCUT2D eigenvalue weighted by molar-refractivity contribution is -0.0145. The van der Waals surface area contributed by atoms with E-state index in [-0.39, 0.29) is 0 Å². The Balaban J connectivity index is 1.84. The van der Waals surface area contributed by atoms with Gasteiger partial charge in [-0.3, -0.25) is 0 Å². The lowest BCUT2D eigenvalue weighted by Gasteiger charge is -2.53. The van der Waals surface area contributed by atoms with E-state index in [4.69, 9.17) is 0 Å². The van der Waals surface area contributed by atoms with E-state index in [1.165, 1.54) is 12.3 Å². The van der Waals surface area contributed by atoms with Gasteiger partial charge in [-0.2, -0.15) is 0 Å². The van der Waals surface area contributed by atoms with Gasteiger partial charge in [-0.15, -0.1) is 0 Å². The van der Waals surface area contributed by atoms with Crippen LogP contribution in [0.15, 0.2) is 0 Å². The van der Waals surface area contributed by atoms with E-state index in [0.29, 0.717) is 0 Å². The van der Waals surface area contributed by atoms with Crippen LogP contribution in [0.5, 0.6) is 0 Å². The first-order chi connectivity index (χ1) is 5.81. The van der Waals surface area contributed by atoms with Gasteiger partial charge in [0.05, 0.1) is 0 Å².